The maximum absolute atomic E-state index is 12.9. The summed E-state index contributed by atoms with van der Waals surface area (Å²) in [7, 11) is 0. The Morgan fingerprint density at radius 2 is 2.09 bits per heavy atom. The van der Waals surface area contributed by atoms with Crippen LogP contribution >= 0.6 is 0 Å². The third kappa shape index (κ3) is 3.16. The van der Waals surface area contributed by atoms with Gasteiger partial charge in [0.05, 0.1) is 6.04 Å². The second kappa shape index (κ2) is 6.01. The normalized spacial score (nSPS) is 17.8. The van der Waals surface area contributed by atoms with Gasteiger partial charge < -0.3 is 15.2 Å². The van der Waals surface area contributed by atoms with Crippen molar-refractivity contribution < 1.29 is 14.0 Å². The highest BCUT2D eigenvalue weighted by atomic mass is 19.1. The minimum absolute atomic E-state index is 0.0129. The van der Waals surface area contributed by atoms with Crippen LogP contribution < -0.4 is 5.32 Å². The van der Waals surface area contributed by atoms with Crippen LogP contribution in [0.1, 0.15) is 22.5 Å². The third-order valence-electron chi connectivity index (χ3n) is 3.68. The molecule has 1 atom stereocenters. The summed E-state index contributed by atoms with van der Waals surface area (Å²) in [6, 6.07) is 9.29. The number of hydrogen-bond donors (Lipinski definition) is 2. The number of aromatic nitrogens is 1. The first-order valence-electron chi connectivity index (χ1n) is 7.08. The molecule has 0 radical (unpaired) electrons. The zero-order valence-electron chi connectivity index (χ0n) is 11.9. The van der Waals surface area contributed by atoms with E-state index in [1.54, 1.807) is 35.4 Å². The van der Waals surface area contributed by atoms with Crippen molar-refractivity contribution in [2.24, 2.45) is 0 Å². The molecule has 1 aromatic carbocycles. The summed E-state index contributed by atoms with van der Waals surface area (Å²) < 4.78 is 12.9. The first-order valence-corrected chi connectivity index (χ1v) is 7.08. The quantitative estimate of drug-likeness (QED) is 0.902. The van der Waals surface area contributed by atoms with Gasteiger partial charge in [0, 0.05) is 25.7 Å². The van der Waals surface area contributed by atoms with Crippen molar-refractivity contribution in [3.63, 3.8) is 0 Å². The minimum Gasteiger partial charge on any atom is -0.357 e. The van der Waals surface area contributed by atoms with Gasteiger partial charge in [-0.1, -0.05) is 12.1 Å². The molecule has 2 N–H and O–H groups in total. The summed E-state index contributed by atoms with van der Waals surface area (Å²) in [4.78, 5) is 28.5. The SMILES string of the molecule is O=C(NC1CC(=O)N(Cc2ccc(F)cc2)C1)c1ccc[nH]1. The second-order valence-electron chi connectivity index (χ2n) is 5.36. The number of likely N-dealkylation sites (tertiary alicyclic amines) is 1. The standard InChI is InChI=1S/C16H16FN3O2/c17-12-5-3-11(4-6-12)9-20-10-13(8-15(20)21)19-16(22)14-2-1-7-18-14/h1-7,13,18H,8-10H2,(H,19,22). The van der Waals surface area contributed by atoms with Crippen molar-refractivity contribution in [2.75, 3.05) is 6.54 Å². The van der Waals surface area contributed by atoms with Crippen molar-refractivity contribution in [3.05, 3.63) is 59.7 Å². The zero-order valence-corrected chi connectivity index (χ0v) is 11.9. The average molecular weight is 301 g/mol. The Bertz CT molecular complexity index is 667. The number of H-pyrrole nitrogens is 1. The Kier molecular flexibility index (Phi) is 3.91. The van der Waals surface area contributed by atoms with Crippen molar-refractivity contribution >= 4 is 11.8 Å². The van der Waals surface area contributed by atoms with E-state index in [1.165, 1.54) is 12.1 Å². The van der Waals surface area contributed by atoms with Crippen molar-refractivity contribution in [3.8, 4) is 0 Å². The molecular formula is C16H16FN3O2. The topological polar surface area (TPSA) is 65.2 Å². The van der Waals surface area contributed by atoms with Gasteiger partial charge in [-0.05, 0) is 29.8 Å². The molecule has 1 fully saturated rings. The molecule has 2 amide bonds. The summed E-state index contributed by atoms with van der Waals surface area (Å²) in [5.41, 5.74) is 1.34. The van der Waals surface area contributed by atoms with Crippen molar-refractivity contribution in [2.45, 2.75) is 19.0 Å². The lowest BCUT2D eigenvalue weighted by Gasteiger charge is -2.17. The van der Waals surface area contributed by atoms with Gasteiger partial charge in [-0.15, -0.1) is 0 Å². The fourth-order valence-electron chi connectivity index (χ4n) is 2.57. The summed E-state index contributed by atoms with van der Waals surface area (Å²) in [6.07, 6.45) is 1.96. The number of carbonyl (C=O) groups is 2. The molecule has 6 heteroatoms. The Morgan fingerprint density at radius 3 is 2.77 bits per heavy atom. The molecule has 1 unspecified atom stereocenters. The van der Waals surface area contributed by atoms with Crippen molar-refractivity contribution in [1.82, 2.24) is 15.2 Å². The van der Waals surface area contributed by atoms with Gasteiger partial charge >= 0.3 is 0 Å². The Morgan fingerprint density at radius 1 is 1.32 bits per heavy atom. The van der Waals surface area contributed by atoms with Gasteiger partial charge in [-0.25, -0.2) is 4.39 Å². The fraction of sp³-hybridized carbons (Fsp3) is 0.250. The van der Waals surface area contributed by atoms with E-state index in [1.807, 2.05) is 0 Å². The first-order chi connectivity index (χ1) is 10.6. The highest BCUT2D eigenvalue weighted by molar-refractivity contribution is 5.93. The monoisotopic (exact) mass is 301 g/mol. The molecule has 3 rings (SSSR count). The highest BCUT2D eigenvalue weighted by Gasteiger charge is 2.30. The van der Waals surface area contributed by atoms with Gasteiger partial charge in [0.15, 0.2) is 0 Å². The largest absolute Gasteiger partial charge is 0.357 e. The van der Waals surface area contributed by atoms with Gasteiger partial charge in [0.2, 0.25) is 5.91 Å². The molecule has 1 aliphatic heterocycles. The first kappa shape index (κ1) is 14.3. The molecule has 2 aromatic rings. The summed E-state index contributed by atoms with van der Waals surface area (Å²) in [5, 5.41) is 2.84. The molecule has 5 nitrogen and oxygen atoms in total. The van der Waals surface area contributed by atoms with Gasteiger partial charge in [-0.3, -0.25) is 9.59 Å². The molecule has 22 heavy (non-hydrogen) atoms. The molecule has 0 bridgehead atoms. The van der Waals surface area contributed by atoms with E-state index >= 15 is 0 Å². The third-order valence-corrected chi connectivity index (χ3v) is 3.68. The van der Waals surface area contributed by atoms with Crippen LogP contribution in [0.5, 0.6) is 0 Å². The van der Waals surface area contributed by atoms with Crippen LogP contribution in [-0.2, 0) is 11.3 Å². The van der Waals surface area contributed by atoms with Crippen molar-refractivity contribution in [1.29, 1.82) is 0 Å². The molecular weight excluding hydrogens is 285 g/mol. The smallest absolute Gasteiger partial charge is 0.267 e. The molecule has 0 saturated carbocycles. The number of halogens is 1. The summed E-state index contributed by atoms with van der Waals surface area (Å²) >= 11 is 0. The van der Waals surface area contributed by atoms with Gasteiger partial charge in [-0.2, -0.15) is 0 Å². The number of carbonyl (C=O) groups excluding carboxylic acids is 2. The summed E-state index contributed by atoms with van der Waals surface area (Å²) in [5.74, 6) is -0.528. The van der Waals surface area contributed by atoms with E-state index in [-0.39, 0.29) is 30.1 Å². The number of aromatic amines is 1. The molecule has 2 heterocycles. The molecule has 114 valence electrons. The number of nitrogens with one attached hydrogen (secondary N) is 2. The number of nitrogens with zero attached hydrogens (tertiary/aromatic N) is 1. The van der Waals surface area contributed by atoms with Crippen LogP contribution in [0, 0.1) is 5.82 Å². The van der Waals surface area contributed by atoms with Crippen LogP contribution in [-0.4, -0.2) is 34.3 Å². The lowest BCUT2D eigenvalue weighted by molar-refractivity contribution is -0.128. The van der Waals surface area contributed by atoms with E-state index in [0.717, 1.165) is 5.56 Å². The van der Waals surface area contributed by atoms with E-state index in [9.17, 15) is 14.0 Å². The van der Waals surface area contributed by atoms with Gasteiger partial charge in [0.25, 0.3) is 5.91 Å². The Hall–Kier alpha value is -2.63. The second-order valence-corrected chi connectivity index (χ2v) is 5.36. The molecule has 1 aliphatic rings. The van der Waals surface area contributed by atoms with E-state index in [2.05, 4.69) is 10.3 Å². The van der Waals surface area contributed by atoms with E-state index in [0.29, 0.717) is 18.8 Å². The maximum atomic E-state index is 12.9. The van der Waals surface area contributed by atoms with E-state index in [4.69, 9.17) is 0 Å². The average Bonchev–Trinajstić information content (AvgIpc) is 3.12. The fourth-order valence-corrected chi connectivity index (χ4v) is 2.57. The number of benzene rings is 1. The summed E-state index contributed by atoms with van der Waals surface area (Å²) in [6.45, 7) is 0.886. The number of hydrogen-bond acceptors (Lipinski definition) is 2. The van der Waals surface area contributed by atoms with E-state index < -0.39 is 0 Å². The van der Waals surface area contributed by atoms with Crippen LogP contribution in [0.2, 0.25) is 0 Å². The Labute approximate surface area is 127 Å². The zero-order chi connectivity index (χ0) is 15.5. The molecule has 0 aliphatic carbocycles. The lowest BCUT2D eigenvalue weighted by Crippen LogP contribution is -2.37. The Balaban J connectivity index is 1.58. The maximum Gasteiger partial charge on any atom is 0.267 e. The predicted molar refractivity (Wildman–Crippen MR) is 78.5 cm³/mol. The van der Waals surface area contributed by atoms with Crippen LogP contribution in [0.3, 0.4) is 0 Å². The predicted octanol–water partition coefficient (Wildman–Crippen LogP) is 1.68. The lowest BCUT2D eigenvalue weighted by atomic mass is 10.2. The minimum atomic E-state index is -0.299. The molecule has 0 spiro atoms. The van der Waals surface area contributed by atoms with Crippen LogP contribution in [0.25, 0.3) is 0 Å². The van der Waals surface area contributed by atoms with Crippen LogP contribution in [0.4, 0.5) is 4.39 Å². The van der Waals surface area contributed by atoms with Gasteiger partial charge in [0.1, 0.15) is 11.5 Å². The molecule has 1 saturated heterocycles. The number of amides is 2. The molecule has 1 aromatic heterocycles. The van der Waals surface area contributed by atoms with Crippen LogP contribution in [0.15, 0.2) is 42.6 Å². The highest BCUT2D eigenvalue weighted by Crippen LogP contribution is 2.16. The number of rotatable bonds is 4.